The Morgan fingerprint density at radius 3 is 2.40 bits per heavy atom. The molecule has 30 heavy (non-hydrogen) atoms. The van der Waals surface area contributed by atoms with E-state index in [1.807, 2.05) is 0 Å². The number of carbonyl (C=O) groups excluding carboxylic acids is 1. The second-order valence-electron chi connectivity index (χ2n) is 6.78. The number of amides is 2. The van der Waals surface area contributed by atoms with Crippen molar-refractivity contribution in [2.75, 3.05) is 9.21 Å². The molecule has 0 fully saturated rings. The zero-order chi connectivity index (χ0) is 21.6. The molecular weight excluding hydrogens is 478 g/mol. The van der Waals surface area contributed by atoms with Crippen molar-refractivity contribution in [2.45, 2.75) is 18.4 Å². The number of urea groups is 1. The van der Waals surface area contributed by atoms with Gasteiger partial charge in [-0.25, -0.2) is 22.0 Å². The van der Waals surface area contributed by atoms with Crippen LogP contribution in [-0.4, -0.2) is 14.4 Å². The van der Waals surface area contributed by atoms with Gasteiger partial charge in [0.1, 0.15) is 16.5 Å². The van der Waals surface area contributed by atoms with Crippen LogP contribution in [0.15, 0.2) is 70.0 Å². The van der Waals surface area contributed by atoms with Gasteiger partial charge >= 0.3 is 6.03 Å². The van der Waals surface area contributed by atoms with Gasteiger partial charge in [-0.1, -0.05) is 40.2 Å². The highest BCUT2D eigenvalue weighted by Gasteiger charge is 2.42. The van der Waals surface area contributed by atoms with Crippen molar-refractivity contribution in [1.82, 2.24) is 0 Å². The average Bonchev–Trinajstić information content (AvgIpc) is 2.69. The van der Waals surface area contributed by atoms with Crippen molar-refractivity contribution in [3.63, 3.8) is 0 Å². The SMILES string of the molecule is Cc1ccc(N2C(=O)N(Cc3ccc(Br)cc3F)c3ccccc3S2(=O)=O)cc1F. The first-order valence-electron chi connectivity index (χ1n) is 8.86. The number of rotatable bonds is 3. The summed E-state index contributed by atoms with van der Waals surface area (Å²) in [4.78, 5) is 14.3. The van der Waals surface area contributed by atoms with Gasteiger partial charge in [0.15, 0.2) is 0 Å². The van der Waals surface area contributed by atoms with Crippen molar-refractivity contribution in [3.8, 4) is 0 Å². The molecule has 0 bridgehead atoms. The van der Waals surface area contributed by atoms with E-state index in [1.165, 1.54) is 54.3 Å². The molecule has 0 N–H and O–H groups in total. The van der Waals surface area contributed by atoms with E-state index < -0.39 is 27.7 Å². The highest BCUT2D eigenvalue weighted by atomic mass is 79.9. The van der Waals surface area contributed by atoms with E-state index in [0.29, 0.717) is 14.3 Å². The fraction of sp³-hybridized carbons (Fsp3) is 0.0952. The molecule has 1 aliphatic heterocycles. The predicted octanol–water partition coefficient (Wildman–Crippen LogP) is 5.37. The maximum Gasteiger partial charge on any atom is 0.343 e. The van der Waals surface area contributed by atoms with Crippen LogP contribution >= 0.6 is 15.9 Å². The fourth-order valence-electron chi connectivity index (χ4n) is 3.24. The van der Waals surface area contributed by atoms with Gasteiger partial charge in [0, 0.05) is 10.0 Å². The largest absolute Gasteiger partial charge is 0.343 e. The second kappa shape index (κ2) is 7.48. The monoisotopic (exact) mass is 492 g/mol. The van der Waals surface area contributed by atoms with E-state index in [9.17, 15) is 22.0 Å². The smallest absolute Gasteiger partial charge is 0.287 e. The molecule has 0 aromatic heterocycles. The molecule has 0 unspecified atom stereocenters. The summed E-state index contributed by atoms with van der Waals surface area (Å²) in [6.45, 7) is 1.33. The lowest BCUT2D eigenvalue weighted by Gasteiger charge is -2.36. The van der Waals surface area contributed by atoms with Gasteiger partial charge in [-0.05, 0) is 48.9 Å². The first kappa shape index (κ1) is 20.5. The summed E-state index contributed by atoms with van der Waals surface area (Å²) in [5.41, 5.74) is 0.526. The summed E-state index contributed by atoms with van der Waals surface area (Å²) in [5, 5.41) is 0. The number of hydrogen-bond donors (Lipinski definition) is 0. The number of nitrogens with zero attached hydrogens (tertiary/aromatic N) is 2. The van der Waals surface area contributed by atoms with Gasteiger partial charge in [-0.3, -0.25) is 4.90 Å². The van der Waals surface area contributed by atoms with Gasteiger partial charge in [0.25, 0.3) is 10.0 Å². The van der Waals surface area contributed by atoms with Crippen LogP contribution in [0.3, 0.4) is 0 Å². The number of halogens is 3. The molecule has 1 aliphatic rings. The summed E-state index contributed by atoms with van der Waals surface area (Å²) in [5.74, 6) is -1.18. The minimum Gasteiger partial charge on any atom is -0.287 e. The number of fused-ring (bicyclic) bond motifs is 1. The maximum absolute atomic E-state index is 14.4. The first-order chi connectivity index (χ1) is 14.2. The Hall–Kier alpha value is -2.78. The summed E-state index contributed by atoms with van der Waals surface area (Å²) in [7, 11) is -4.28. The molecule has 9 heteroatoms. The van der Waals surface area contributed by atoms with Crippen LogP contribution in [-0.2, 0) is 16.6 Å². The Labute approximate surface area is 180 Å². The third kappa shape index (κ3) is 3.37. The quantitative estimate of drug-likeness (QED) is 0.493. The first-order valence-corrected chi connectivity index (χ1v) is 11.1. The maximum atomic E-state index is 14.4. The van der Waals surface area contributed by atoms with E-state index >= 15 is 0 Å². The number of para-hydroxylation sites is 1. The zero-order valence-corrected chi connectivity index (χ0v) is 18.0. The predicted molar refractivity (Wildman–Crippen MR) is 113 cm³/mol. The van der Waals surface area contributed by atoms with Crippen molar-refractivity contribution in [2.24, 2.45) is 0 Å². The van der Waals surface area contributed by atoms with Gasteiger partial charge in [0.05, 0.1) is 17.9 Å². The highest BCUT2D eigenvalue weighted by Crippen LogP contribution is 2.38. The summed E-state index contributed by atoms with van der Waals surface area (Å²) < 4.78 is 56.1. The third-order valence-electron chi connectivity index (χ3n) is 4.81. The summed E-state index contributed by atoms with van der Waals surface area (Å²) in [6, 6.07) is 13.2. The van der Waals surface area contributed by atoms with Crippen LogP contribution in [0.2, 0.25) is 0 Å². The molecule has 0 atom stereocenters. The zero-order valence-electron chi connectivity index (χ0n) is 15.6. The van der Waals surface area contributed by atoms with E-state index in [2.05, 4.69) is 15.9 Å². The van der Waals surface area contributed by atoms with Crippen LogP contribution < -0.4 is 9.21 Å². The van der Waals surface area contributed by atoms with Gasteiger partial charge in [0.2, 0.25) is 0 Å². The van der Waals surface area contributed by atoms with Crippen molar-refractivity contribution in [1.29, 1.82) is 0 Å². The van der Waals surface area contributed by atoms with E-state index in [1.54, 1.807) is 12.1 Å². The molecule has 3 aromatic rings. The number of sulfonamides is 1. The minimum atomic E-state index is -4.28. The normalized spacial score (nSPS) is 15.3. The molecule has 5 nitrogen and oxygen atoms in total. The third-order valence-corrected chi connectivity index (χ3v) is 7.05. The Balaban J connectivity index is 1.88. The molecule has 2 amide bonds. The van der Waals surface area contributed by atoms with Crippen molar-refractivity contribution >= 4 is 43.4 Å². The number of anilines is 2. The summed E-state index contributed by atoms with van der Waals surface area (Å²) >= 11 is 3.18. The molecule has 0 aliphatic carbocycles. The van der Waals surface area contributed by atoms with Crippen LogP contribution in [0.4, 0.5) is 25.0 Å². The molecule has 0 spiro atoms. The number of aryl methyl sites for hydroxylation is 1. The molecule has 4 rings (SSSR count). The highest BCUT2D eigenvalue weighted by molar-refractivity contribution is 9.10. The van der Waals surface area contributed by atoms with Gasteiger partial charge in [-0.2, -0.15) is 4.31 Å². The van der Waals surface area contributed by atoms with Crippen molar-refractivity contribution < 1.29 is 22.0 Å². The van der Waals surface area contributed by atoms with Crippen LogP contribution in [0.1, 0.15) is 11.1 Å². The van der Waals surface area contributed by atoms with E-state index in [-0.39, 0.29) is 28.4 Å². The minimum absolute atomic E-state index is 0.122. The molecule has 3 aromatic carbocycles. The second-order valence-corrected chi connectivity index (χ2v) is 9.45. The molecular formula is C21H15BrF2N2O3S. The molecule has 1 heterocycles. The standard InChI is InChI=1S/C21H15BrF2N2O3S/c1-13-6-9-16(11-17(13)23)26-21(27)25(12-14-7-8-15(22)10-18(14)24)19-4-2-3-5-20(19)30(26,28)29/h2-11H,12H2,1H3. The number of carbonyl (C=O) groups is 1. The molecule has 154 valence electrons. The van der Waals surface area contributed by atoms with Gasteiger partial charge < -0.3 is 0 Å². The molecule has 0 saturated carbocycles. The molecule has 0 radical (unpaired) electrons. The van der Waals surface area contributed by atoms with Crippen LogP contribution in [0.5, 0.6) is 0 Å². The Bertz CT molecular complexity index is 1280. The number of hydrogen-bond acceptors (Lipinski definition) is 3. The number of benzene rings is 3. The van der Waals surface area contributed by atoms with E-state index in [0.717, 1.165) is 6.07 Å². The van der Waals surface area contributed by atoms with Gasteiger partial charge in [-0.15, -0.1) is 0 Å². The fourth-order valence-corrected chi connectivity index (χ4v) is 5.16. The lowest BCUT2D eigenvalue weighted by Crippen LogP contribution is -2.50. The van der Waals surface area contributed by atoms with Crippen LogP contribution in [0, 0.1) is 18.6 Å². The lowest BCUT2D eigenvalue weighted by atomic mass is 10.2. The Morgan fingerprint density at radius 2 is 1.70 bits per heavy atom. The Morgan fingerprint density at radius 1 is 0.967 bits per heavy atom. The average molecular weight is 493 g/mol. The lowest BCUT2D eigenvalue weighted by molar-refractivity contribution is 0.253. The van der Waals surface area contributed by atoms with E-state index in [4.69, 9.17) is 0 Å². The summed E-state index contributed by atoms with van der Waals surface area (Å²) in [6.07, 6.45) is 0. The van der Waals surface area contributed by atoms with Crippen molar-refractivity contribution in [3.05, 3.63) is 87.9 Å². The molecule has 0 saturated heterocycles. The Kier molecular flexibility index (Phi) is 5.11. The topological polar surface area (TPSA) is 57.7 Å². The van der Waals surface area contributed by atoms with Crippen LogP contribution in [0.25, 0.3) is 0 Å².